The van der Waals surface area contributed by atoms with Crippen LogP contribution in [0, 0.1) is 5.92 Å². The Morgan fingerprint density at radius 1 is 1.56 bits per heavy atom. The van der Waals surface area contributed by atoms with Crippen LogP contribution in [0.2, 0.25) is 5.02 Å². The van der Waals surface area contributed by atoms with E-state index in [1.54, 1.807) is 0 Å². The number of rotatable bonds is 5. The number of hydrogen-bond donors (Lipinski definition) is 2. The molecule has 7 heteroatoms. The van der Waals surface area contributed by atoms with E-state index in [0.29, 0.717) is 18.2 Å². The molecule has 0 aromatic carbocycles. The molecular weight excluding hydrogens is 256 g/mol. The number of anilines is 1. The molecule has 0 radical (unpaired) electrons. The topological polar surface area (TPSA) is 76.0 Å². The highest BCUT2D eigenvalue weighted by Crippen LogP contribution is 2.14. The maximum absolute atomic E-state index is 11.9. The van der Waals surface area contributed by atoms with Crippen LogP contribution in [-0.4, -0.2) is 29.3 Å². The second kappa shape index (κ2) is 6.39. The summed E-state index contributed by atoms with van der Waals surface area (Å²) in [7, 11) is 1.53. The Balaban J connectivity index is 2.87. The van der Waals surface area contributed by atoms with Crippen LogP contribution in [0.15, 0.2) is 11.0 Å². The summed E-state index contributed by atoms with van der Waals surface area (Å²) in [4.78, 5) is 22.9. The fraction of sp³-hybridized carbons (Fsp3) is 0.545. The van der Waals surface area contributed by atoms with E-state index in [-0.39, 0.29) is 23.0 Å². The highest BCUT2D eigenvalue weighted by molar-refractivity contribution is 6.33. The van der Waals surface area contributed by atoms with Crippen molar-refractivity contribution in [2.45, 2.75) is 20.4 Å². The molecule has 1 aromatic heterocycles. The normalized spacial score (nSPS) is 10.5. The first-order valence-electron chi connectivity index (χ1n) is 5.65. The predicted molar refractivity (Wildman–Crippen MR) is 70.9 cm³/mol. The molecule has 1 aromatic rings. The summed E-state index contributed by atoms with van der Waals surface area (Å²) >= 11 is 5.94. The van der Waals surface area contributed by atoms with Crippen LogP contribution >= 0.6 is 11.6 Å². The molecule has 1 amide bonds. The first kappa shape index (κ1) is 14.5. The van der Waals surface area contributed by atoms with Crippen LogP contribution in [0.25, 0.3) is 0 Å². The first-order chi connectivity index (χ1) is 8.45. The number of nitrogens with one attached hydrogen (secondary N) is 2. The van der Waals surface area contributed by atoms with Gasteiger partial charge in [0.15, 0.2) is 0 Å². The standard InChI is InChI=1S/C11H17ClN4O2/c1-7(2)6-16-11(18)10(12)8(4-15-16)14-5-9(17)13-3/h4,7,14H,5-6H2,1-3H3,(H,13,17). The highest BCUT2D eigenvalue weighted by Gasteiger charge is 2.10. The van der Waals surface area contributed by atoms with Gasteiger partial charge in [0.2, 0.25) is 5.91 Å². The number of nitrogens with zero attached hydrogens (tertiary/aromatic N) is 2. The molecular formula is C11H17ClN4O2. The molecule has 0 aliphatic carbocycles. The van der Waals surface area contributed by atoms with Crippen molar-refractivity contribution in [1.29, 1.82) is 0 Å². The summed E-state index contributed by atoms with van der Waals surface area (Å²) in [6.45, 7) is 4.53. The Bertz CT molecular complexity index is 484. The summed E-state index contributed by atoms with van der Waals surface area (Å²) in [5, 5.41) is 9.28. The zero-order chi connectivity index (χ0) is 13.7. The lowest BCUT2D eigenvalue weighted by molar-refractivity contribution is -0.118. The van der Waals surface area contributed by atoms with E-state index in [1.165, 1.54) is 17.9 Å². The summed E-state index contributed by atoms with van der Waals surface area (Å²) in [6.07, 6.45) is 1.45. The van der Waals surface area contributed by atoms with Crippen molar-refractivity contribution >= 4 is 23.2 Å². The van der Waals surface area contributed by atoms with Crippen LogP contribution in [0.4, 0.5) is 5.69 Å². The van der Waals surface area contributed by atoms with E-state index in [9.17, 15) is 9.59 Å². The summed E-state index contributed by atoms with van der Waals surface area (Å²) in [5.41, 5.74) is 0.0116. The molecule has 1 heterocycles. The van der Waals surface area contributed by atoms with Gasteiger partial charge in [-0.2, -0.15) is 5.10 Å². The molecule has 2 N–H and O–H groups in total. The van der Waals surface area contributed by atoms with Gasteiger partial charge in [0, 0.05) is 13.6 Å². The Kier molecular flexibility index (Phi) is 5.15. The van der Waals surface area contributed by atoms with Crippen LogP contribution < -0.4 is 16.2 Å². The van der Waals surface area contributed by atoms with Crippen molar-refractivity contribution in [1.82, 2.24) is 15.1 Å². The number of hydrogen-bond acceptors (Lipinski definition) is 4. The fourth-order valence-corrected chi connectivity index (χ4v) is 1.54. The Hall–Kier alpha value is -1.56. The average Bonchev–Trinajstić information content (AvgIpc) is 2.33. The second-order valence-electron chi connectivity index (χ2n) is 4.28. The van der Waals surface area contributed by atoms with Crippen LogP contribution in [0.3, 0.4) is 0 Å². The van der Waals surface area contributed by atoms with Gasteiger partial charge in [-0.25, -0.2) is 4.68 Å². The minimum atomic E-state index is -0.354. The minimum Gasteiger partial charge on any atom is -0.373 e. The first-order valence-corrected chi connectivity index (χ1v) is 6.03. The lowest BCUT2D eigenvalue weighted by atomic mass is 10.2. The zero-order valence-corrected chi connectivity index (χ0v) is 11.4. The van der Waals surface area contributed by atoms with Crippen molar-refractivity contribution in [3.63, 3.8) is 0 Å². The molecule has 1 rings (SSSR count). The van der Waals surface area contributed by atoms with Crippen molar-refractivity contribution in [3.05, 3.63) is 21.6 Å². The molecule has 0 spiro atoms. The van der Waals surface area contributed by atoms with Gasteiger partial charge in [-0.05, 0) is 5.92 Å². The van der Waals surface area contributed by atoms with Crippen LogP contribution in [-0.2, 0) is 11.3 Å². The van der Waals surface area contributed by atoms with Crippen molar-refractivity contribution in [2.24, 2.45) is 5.92 Å². The molecule has 0 saturated heterocycles. The predicted octanol–water partition coefficient (Wildman–Crippen LogP) is 0.711. The molecule has 0 atom stereocenters. The van der Waals surface area contributed by atoms with Gasteiger partial charge in [0.05, 0.1) is 18.4 Å². The van der Waals surface area contributed by atoms with E-state index in [2.05, 4.69) is 15.7 Å². The van der Waals surface area contributed by atoms with Gasteiger partial charge < -0.3 is 10.6 Å². The lowest BCUT2D eigenvalue weighted by Crippen LogP contribution is -2.29. The van der Waals surface area contributed by atoms with Crippen molar-refractivity contribution in [2.75, 3.05) is 18.9 Å². The number of carbonyl (C=O) groups excluding carboxylic acids is 1. The second-order valence-corrected chi connectivity index (χ2v) is 4.66. The third-order valence-electron chi connectivity index (χ3n) is 2.24. The quantitative estimate of drug-likeness (QED) is 0.828. The van der Waals surface area contributed by atoms with Gasteiger partial charge in [0.25, 0.3) is 5.56 Å². The molecule has 100 valence electrons. The Morgan fingerprint density at radius 2 is 2.22 bits per heavy atom. The SMILES string of the molecule is CNC(=O)CNc1cnn(CC(C)C)c(=O)c1Cl. The van der Waals surface area contributed by atoms with Gasteiger partial charge in [-0.1, -0.05) is 25.4 Å². The molecule has 0 aliphatic rings. The van der Waals surface area contributed by atoms with Gasteiger partial charge in [0.1, 0.15) is 5.02 Å². The molecule has 18 heavy (non-hydrogen) atoms. The largest absolute Gasteiger partial charge is 0.373 e. The lowest BCUT2D eigenvalue weighted by Gasteiger charge is -2.11. The van der Waals surface area contributed by atoms with Crippen molar-refractivity contribution in [3.8, 4) is 0 Å². The molecule has 0 aliphatic heterocycles. The summed E-state index contributed by atoms with van der Waals surface area (Å²) in [6, 6.07) is 0. The van der Waals surface area contributed by atoms with E-state index in [1.807, 2.05) is 13.8 Å². The molecule has 6 nitrogen and oxygen atoms in total. The minimum absolute atomic E-state index is 0.0472. The smallest absolute Gasteiger partial charge is 0.287 e. The van der Waals surface area contributed by atoms with Gasteiger partial charge in [-0.3, -0.25) is 9.59 Å². The van der Waals surface area contributed by atoms with E-state index >= 15 is 0 Å². The van der Waals surface area contributed by atoms with E-state index in [0.717, 1.165) is 0 Å². The van der Waals surface area contributed by atoms with E-state index < -0.39 is 0 Å². The monoisotopic (exact) mass is 272 g/mol. The summed E-state index contributed by atoms with van der Waals surface area (Å²) in [5.74, 6) is 0.105. The maximum atomic E-state index is 11.9. The number of aromatic nitrogens is 2. The summed E-state index contributed by atoms with van der Waals surface area (Å²) < 4.78 is 1.32. The number of amides is 1. The zero-order valence-electron chi connectivity index (χ0n) is 10.7. The third-order valence-corrected chi connectivity index (χ3v) is 2.61. The number of halogens is 1. The average molecular weight is 273 g/mol. The Morgan fingerprint density at radius 3 is 2.78 bits per heavy atom. The highest BCUT2D eigenvalue weighted by atomic mass is 35.5. The van der Waals surface area contributed by atoms with Gasteiger partial charge in [-0.15, -0.1) is 0 Å². The third kappa shape index (κ3) is 3.73. The van der Waals surface area contributed by atoms with Crippen LogP contribution in [0.5, 0.6) is 0 Å². The molecule has 0 saturated carbocycles. The van der Waals surface area contributed by atoms with Crippen LogP contribution in [0.1, 0.15) is 13.8 Å². The molecule has 0 fully saturated rings. The fourth-order valence-electron chi connectivity index (χ4n) is 1.33. The van der Waals surface area contributed by atoms with Gasteiger partial charge >= 0.3 is 0 Å². The Labute approximate surface area is 110 Å². The van der Waals surface area contributed by atoms with Crippen molar-refractivity contribution < 1.29 is 4.79 Å². The van der Waals surface area contributed by atoms with E-state index in [4.69, 9.17) is 11.6 Å². The number of likely N-dealkylation sites (N-methyl/N-ethyl adjacent to an activating group) is 1. The molecule has 0 bridgehead atoms. The molecule has 0 unspecified atom stereocenters. The maximum Gasteiger partial charge on any atom is 0.287 e. The number of carbonyl (C=O) groups is 1.